The Morgan fingerprint density at radius 2 is 2.50 bits per heavy atom. The van der Waals surface area contributed by atoms with Crippen LogP contribution in [0.5, 0.6) is 0 Å². The highest BCUT2D eigenvalue weighted by molar-refractivity contribution is 5.92. The third-order valence-corrected chi connectivity index (χ3v) is 2.22. The molecule has 14 heavy (non-hydrogen) atoms. The van der Waals surface area contributed by atoms with Gasteiger partial charge in [0, 0.05) is 13.1 Å². The number of carbonyl (C=O) groups excluding carboxylic acids is 1. The number of methoxy groups -OCH3 is 1. The van der Waals surface area contributed by atoms with E-state index in [1.54, 1.807) is 4.68 Å². The molecule has 1 aliphatic rings. The van der Waals surface area contributed by atoms with Gasteiger partial charge in [-0.05, 0) is 5.92 Å². The summed E-state index contributed by atoms with van der Waals surface area (Å²) >= 11 is 0. The summed E-state index contributed by atoms with van der Waals surface area (Å²) in [7, 11) is 1.33. The van der Waals surface area contributed by atoms with Crippen LogP contribution in [0.25, 0.3) is 0 Å². The quantitative estimate of drug-likeness (QED) is 0.646. The zero-order valence-corrected chi connectivity index (χ0v) is 8.15. The highest BCUT2D eigenvalue weighted by Crippen LogP contribution is 2.19. The van der Waals surface area contributed by atoms with Gasteiger partial charge in [-0.2, -0.15) is 0 Å². The van der Waals surface area contributed by atoms with Crippen LogP contribution >= 0.6 is 0 Å². The molecule has 1 aromatic heterocycles. The number of aromatic nitrogens is 3. The number of hydrogen-bond acceptors (Lipinski definition) is 5. The van der Waals surface area contributed by atoms with Gasteiger partial charge in [0.05, 0.1) is 7.11 Å². The molecular weight excluding hydrogens is 184 g/mol. The van der Waals surface area contributed by atoms with E-state index in [4.69, 9.17) is 0 Å². The molecule has 1 N–H and O–H groups in total. The Labute approximate surface area is 81.2 Å². The van der Waals surface area contributed by atoms with Gasteiger partial charge < -0.3 is 10.1 Å². The zero-order chi connectivity index (χ0) is 10.1. The van der Waals surface area contributed by atoms with Crippen molar-refractivity contribution in [2.45, 2.75) is 13.5 Å². The molecule has 0 bridgehead atoms. The van der Waals surface area contributed by atoms with Gasteiger partial charge in [-0.3, -0.25) is 0 Å². The van der Waals surface area contributed by atoms with Gasteiger partial charge in [0.25, 0.3) is 0 Å². The first-order valence-electron chi connectivity index (χ1n) is 4.48. The second-order valence-corrected chi connectivity index (χ2v) is 3.45. The maximum Gasteiger partial charge on any atom is 0.362 e. The van der Waals surface area contributed by atoms with Gasteiger partial charge in [-0.25, -0.2) is 9.48 Å². The molecule has 1 atom stereocenters. The Morgan fingerprint density at radius 3 is 3.21 bits per heavy atom. The molecule has 6 nitrogen and oxygen atoms in total. The summed E-state index contributed by atoms with van der Waals surface area (Å²) in [5.74, 6) is 0.706. The number of ether oxygens (including phenoxy) is 1. The largest absolute Gasteiger partial charge is 0.464 e. The van der Waals surface area contributed by atoms with E-state index >= 15 is 0 Å². The van der Waals surface area contributed by atoms with Crippen LogP contribution in [0.2, 0.25) is 0 Å². The smallest absolute Gasteiger partial charge is 0.362 e. The zero-order valence-electron chi connectivity index (χ0n) is 8.15. The molecule has 0 spiro atoms. The van der Waals surface area contributed by atoms with Crippen LogP contribution in [0.3, 0.4) is 0 Å². The minimum Gasteiger partial charge on any atom is -0.464 e. The molecule has 1 aliphatic heterocycles. The maximum atomic E-state index is 11.2. The minimum atomic E-state index is -0.451. The number of nitrogens with zero attached hydrogens (tertiary/aromatic N) is 3. The molecule has 6 heteroatoms. The van der Waals surface area contributed by atoms with Crippen LogP contribution < -0.4 is 5.32 Å². The van der Waals surface area contributed by atoms with Gasteiger partial charge in [-0.15, -0.1) is 5.10 Å². The maximum absolute atomic E-state index is 11.2. The fraction of sp³-hybridized carbons (Fsp3) is 0.625. The summed E-state index contributed by atoms with van der Waals surface area (Å²) < 4.78 is 6.29. The SMILES string of the molecule is COC(=O)c1nnn2c1NCC(C)C2. The average Bonchev–Trinajstić information content (AvgIpc) is 2.59. The third-order valence-electron chi connectivity index (χ3n) is 2.22. The predicted molar refractivity (Wildman–Crippen MR) is 49.0 cm³/mol. The third kappa shape index (κ3) is 1.32. The average molecular weight is 196 g/mol. The van der Waals surface area contributed by atoms with E-state index in [9.17, 15) is 4.79 Å². The molecule has 0 aromatic carbocycles. The lowest BCUT2D eigenvalue weighted by Crippen LogP contribution is -2.26. The number of esters is 1. The number of anilines is 1. The first-order valence-corrected chi connectivity index (χ1v) is 4.48. The number of hydrogen-bond donors (Lipinski definition) is 1. The van der Waals surface area contributed by atoms with Crippen LogP contribution in [0, 0.1) is 5.92 Å². The van der Waals surface area contributed by atoms with Crippen LogP contribution in [0.15, 0.2) is 0 Å². The van der Waals surface area contributed by atoms with E-state index in [0.29, 0.717) is 11.7 Å². The van der Waals surface area contributed by atoms with Gasteiger partial charge in [0.15, 0.2) is 5.82 Å². The number of fused-ring (bicyclic) bond motifs is 1. The lowest BCUT2D eigenvalue weighted by Gasteiger charge is -2.20. The number of rotatable bonds is 1. The summed E-state index contributed by atoms with van der Waals surface area (Å²) in [4.78, 5) is 11.2. The molecule has 2 heterocycles. The van der Waals surface area contributed by atoms with Crippen LogP contribution in [-0.2, 0) is 11.3 Å². The van der Waals surface area contributed by atoms with Gasteiger partial charge >= 0.3 is 5.97 Å². The van der Waals surface area contributed by atoms with Gasteiger partial charge in [0.2, 0.25) is 5.69 Å². The molecule has 2 rings (SSSR count). The van der Waals surface area contributed by atoms with Crippen LogP contribution in [0.1, 0.15) is 17.4 Å². The molecule has 0 fully saturated rings. The van der Waals surface area contributed by atoms with Crippen molar-refractivity contribution >= 4 is 11.8 Å². The lowest BCUT2D eigenvalue weighted by molar-refractivity contribution is 0.0595. The molecule has 0 radical (unpaired) electrons. The van der Waals surface area contributed by atoms with Crippen molar-refractivity contribution in [1.82, 2.24) is 15.0 Å². The summed E-state index contributed by atoms with van der Waals surface area (Å²) in [6.45, 7) is 3.72. The van der Waals surface area contributed by atoms with Crippen molar-refractivity contribution in [2.24, 2.45) is 5.92 Å². The molecule has 76 valence electrons. The second kappa shape index (κ2) is 3.28. The normalized spacial score (nSPS) is 19.7. The highest BCUT2D eigenvalue weighted by atomic mass is 16.5. The fourth-order valence-corrected chi connectivity index (χ4v) is 1.48. The van der Waals surface area contributed by atoms with E-state index in [0.717, 1.165) is 13.1 Å². The Bertz CT molecular complexity index is 360. The Morgan fingerprint density at radius 1 is 1.71 bits per heavy atom. The summed E-state index contributed by atoms with van der Waals surface area (Å²) in [6.07, 6.45) is 0. The Hall–Kier alpha value is -1.59. The highest BCUT2D eigenvalue weighted by Gasteiger charge is 2.24. The van der Waals surface area contributed by atoms with E-state index in [1.807, 2.05) is 0 Å². The number of nitrogens with one attached hydrogen (secondary N) is 1. The first kappa shape index (κ1) is 8.98. The van der Waals surface area contributed by atoms with Crippen molar-refractivity contribution in [1.29, 1.82) is 0 Å². The number of carbonyl (C=O) groups is 1. The minimum absolute atomic E-state index is 0.263. The molecule has 1 aromatic rings. The van der Waals surface area contributed by atoms with E-state index in [1.165, 1.54) is 7.11 Å². The Kier molecular flexibility index (Phi) is 2.11. The van der Waals surface area contributed by atoms with Crippen molar-refractivity contribution < 1.29 is 9.53 Å². The molecular formula is C8H12N4O2. The monoisotopic (exact) mass is 196 g/mol. The van der Waals surface area contributed by atoms with Crippen molar-refractivity contribution in [3.8, 4) is 0 Å². The van der Waals surface area contributed by atoms with Gasteiger partial charge in [-0.1, -0.05) is 12.1 Å². The van der Waals surface area contributed by atoms with Crippen LogP contribution in [-0.4, -0.2) is 34.6 Å². The molecule has 0 aliphatic carbocycles. The fourth-order valence-electron chi connectivity index (χ4n) is 1.48. The van der Waals surface area contributed by atoms with Crippen LogP contribution in [0.4, 0.5) is 5.82 Å². The predicted octanol–water partition coefficient (Wildman–Crippen LogP) is 0.126. The lowest BCUT2D eigenvalue weighted by atomic mass is 10.1. The summed E-state index contributed by atoms with van der Waals surface area (Å²) in [5, 5.41) is 10.8. The Balaban J connectivity index is 2.33. The summed E-state index contributed by atoms with van der Waals surface area (Å²) in [6, 6.07) is 0. The summed E-state index contributed by atoms with van der Waals surface area (Å²) in [5.41, 5.74) is 0.263. The van der Waals surface area contributed by atoms with E-state index in [-0.39, 0.29) is 5.69 Å². The standard InChI is InChI=1S/C8H12N4O2/c1-5-3-9-7-6(8(13)14-2)10-11-12(7)4-5/h5,9H,3-4H2,1-2H3. The van der Waals surface area contributed by atoms with Crippen molar-refractivity contribution in [3.63, 3.8) is 0 Å². The molecule has 0 saturated carbocycles. The molecule has 1 unspecified atom stereocenters. The van der Waals surface area contributed by atoms with E-state index < -0.39 is 5.97 Å². The topological polar surface area (TPSA) is 69.0 Å². The molecule has 0 saturated heterocycles. The van der Waals surface area contributed by atoms with Gasteiger partial charge in [0.1, 0.15) is 0 Å². The second-order valence-electron chi connectivity index (χ2n) is 3.45. The first-order chi connectivity index (χ1) is 6.72. The van der Waals surface area contributed by atoms with Crippen molar-refractivity contribution in [2.75, 3.05) is 19.0 Å². The van der Waals surface area contributed by atoms with Crippen molar-refractivity contribution in [3.05, 3.63) is 5.69 Å². The molecule has 0 amide bonds. The van der Waals surface area contributed by atoms with E-state index in [2.05, 4.69) is 27.3 Å².